The number of thioether (sulfide) groups is 1. The van der Waals surface area contributed by atoms with Crippen molar-refractivity contribution >= 4 is 44.4 Å². The maximum Gasteiger partial charge on any atom is 0.256 e. The summed E-state index contributed by atoms with van der Waals surface area (Å²) in [6, 6.07) is 18.4. The predicted octanol–water partition coefficient (Wildman–Crippen LogP) is 2.87. The van der Waals surface area contributed by atoms with Crippen molar-refractivity contribution in [2.45, 2.75) is 42.0 Å². The normalized spacial score (nSPS) is 11.1. The van der Waals surface area contributed by atoms with Crippen LogP contribution in [0.15, 0.2) is 88.9 Å². The van der Waals surface area contributed by atoms with Gasteiger partial charge in [0.05, 0.1) is 10.5 Å². The Morgan fingerprint density at radius 2 is 1.57 bits per heavy atom. The summed E-state index contributed by atoms with van der Waals surface area (Å²) in [5, 5.41) is 2.72. The van der Waals surface area contributed by atoms with E-state index in [-0.39, 0.29) is 23.0 Å². The third-order valence-electron chi connectivity index (χ3n) is 5.27. The molecule has 11 heteroatoms. The average Bonchev–Trinajstić information content (AvgIpc) is 2.87. The molecule has 0 atom stereocenters. The third-order valence-corrected chi connectivity index (χ3v) is 7.75. The van der Waals surface area contributed by atoms with Crippen molar-refractivity contribution in [3.05, 3.63) is 84.7 Å². The Balaban J connectivity index is 1.54. The minimum atomic E-state index is -3.81. The lowest BCUT2D eigenvalue weighted by Crippen LogP contribution is -2.32. The SMILES string of the molecule is NC(=O)CCNS(=O)(=O)c1ccc(NC(=O)c2ccccc2SC(=O)CCCC[n+]2ccccc2)cc1. The second-order valence-electron chi connectivity index (χ2n) is 8.13. The number of pyridine rings is 1. The van der Waals surface area contributed by atoms with E-state index in [1.807, 2.05) is 30.6 Å². The number of primary amides is 1. The number of benzene rings is 2. The van der Waals surface area contributed by atoms with Crippen molar-refractivity contribution in [3.63, 3.8) is 0 Å². The number of nitrogens with two attached hydrogens (primary N) is 1. The Labute approximate surface area is 220 Å². The van der Waals surface area contributed by atoms with Crippen LogP contribution in [-0.4, -0.2) is 31.9 Å². The number of anilines is 1. The van der Waals surface area contributed by atoms with Crippen LogP contribution in [0, 0.1) is 0 Å². The maximum absolute atomic E-state index is 12.9. The van der Waals surface area contributed by atoms with Crippen molar-refractivity contribution < 1.29 is 27.4 Å². The lowest BCUT2D eigenvalue weighted by Gasteiger charge is -2.10. The largest absolute Gasteiger partial charge is 0.370 e. The summed E-state index contributed by atoms with van der Waals surface area (Å²) >= 11 is 1.04. The Bertz CT molecular complexity index is 1330. The van der Waals surface area contributed by atoms with Crippen LogP contribution in [0.3, 0.4) is 0 Å². The number of aromatic nitrogens is 1. The van der Waals surface area contributed by atoms with E-state index < -0.39 is 21.8 Å². The lowest BCUT2D eigenvalue weighted by atomic mass is 10.2. The standard InChI is InChI=1S/C26H28N4O5S2/c27-24(31)15-16-28-37(34,35)21-13-11-20(12-14-21)29-26(33)22-8-2-3-9-23(22)36-25(32)10-4-7-19-30-17-5-1-6-18-30/h1-3,5-6,8-9,11-14,17-18,28H,4,7,10,15-16,19H2,(H2-,27,29,31,33)/p+1. The molecule has 0 fully saturated rings. The molecule has 0 saturated heterocycles. The van der Waals surface area contributed by atoms with Gasteiger partial charge in [-0.1, -0.05) is 30.0 Å². The zero-order valence-corrected chi connectivity index (χ0v) is 21.8. The predicted molar refractivity (Wildman–Crippen MR) is 141 cm³/mol. The number of unbranched alkanes of at least 4 members (excludes halogenated alkanes) is 1. The van der Waals surface area contributed by atoms with E-state index in [1.54, 1.807) is 24.3 Å². The van der Waals surface area contributed by atoms with Crippen LogP contribution in [0.5, 0.6) is 0 Å². The van der Waals surface area contributed by atoms with E-state index in [9.17, 15) is 22.8 Å². The Morgan fingerprint density at radius 3 is 2.27 bits per heavy atom. The second-order valence-corrected chi connectivity index (χ2v) is 11.0. The van der Waals surface area contributed by atoms with E-state index in [0.717, 1.165) is 31.1 Å². The number of hydrogen-bond acceptors (Lipinski definition) is 6. The number of rotatable bonds is 13. The van der Waals surface area contributed by atoms with E-state index in [0.29, 0.717) is 22.6 Å². The number of nitrogens with zero attached hydrogens (tertiary/aromatic N) is 1. The summed E-state index contributed by atoms with van der Waals surface area (Å²) in [7, 11) is -3.81. The highest BCUT2D eigenvalue weighted by molar-refractivity contribution is 8.13. The molecule has 0 aliphatic heterocycles. The summed E-state index contributed by atoms with van der Waals surface area (Å²) < 4.78 is 29.0. The molecular formula is C26H29N4O5S2+. The molecule has 3 aromatic rings. The van der Waals surface area contributed by atoms with Gasteiger partial charge in [-0.3, -0.25) is 14.4 Å². The van der Waals surface area contributed by atoms with Gasteiger partial charge < -0.3 is 11.1 Å². The van der Waals surface area contributed by atoms with Gasteiger partial charge in [-0.2, -0.15) is 0 Å². The van der Waals surface area contributed by atoms with Gasteiger partial charge in [0.25, 0.3) is 5.91 Å². The maximum atomic E-state index is 12.9. The fraction of sp³-hybridized carbons (Fsp3) is 0.231. The van der Waals surface area contributed by atoms with Crippen LogP contribution in [0.1, 0.15) is 36.0 Å². The van der Waals surface area contributed by atoms with Gasteiger partial charge in [-0.05, 0) is 42.8 Å². The molecule has 2 amide bonds. The molecule has 3 rings (SSSR count). The van der Waals surface area contributed by atoms with Crippen LogP contribution < -0.4 is 20.3 Å². The first-order valence-corrected chi connectivity index (χ1v) is 14.0. The highest BCUT2D eigenvalue weighted by Gasteiger charge is 2.17. The highest BCUT2D eigenvalue weighted by Crippen LogP contribution is 2.26. The molecule has 37 heavy (non-hydrogen) atoms. The van der Waals surface area contributed by atoms with E-state index >= 15 is 0 Å². The van der Waals surface area contributed by atoms with Crippen molar-refractivity contribution in [3.8, 4) is 0 Å². The zero-order valence-electron chi connectivity index (χ0n) is 20.1. The van der Waals surface area contributed by atoms with Crippen molar-refractivity contribution in [2.24, 2.45) is 5.73 Å². The summed E-state index contributed by atoms with van der Waals surface area (Å²) in [4.78, 5) is 36.8. The topological polar surface area (TPSA) is 139 Å². The first-order valence-electron chi connectivity index (χ1n) is 11.7. The Hall–Kier alpha value is -3.54. The summed E-state index contributed by atoms with van der Waals surface area (Å²) in [5.41, 5.74) is 5.77. The van der Waals surface area contributed by atoms with Crippen LogP contribution in [-0.2, 0) is 26.2 Å². The molecular weight excluding hydrogens is 512 g/mol. The van der Waals surface area contributed by atoms with Crippen LogP contribution in [0.4, 0.5) is 5.69 Å². The van der Waals surface area contributed by atoms with Crippen LogP contribution in [0.2, 0.25) is 0 Å². The number of carbonyl (C=O) groups excluding carboxylic acids is 3. The minimum Gasteiger partial charge on any atom is -0.370 e. The fourth-order valence-corrected chi connectivity index (χ4v) is 5.31. The quantitative estimate of drug-likeness (QED) is 0.173. The molecule has 1 heterocycles. The molecule has 0 unspecified atom stereocenters. The molecule has 194 valence electrons. The average molecular weight is 542 g/mol. The molecule has 0 aliphatic rings. The first-order chi connectivity index (χ1) is 17.7. The van der Waals surface area contributed by atoms with Gasteiger partial charge in [0, 0.05) is 48.5 Å². The van der Waals surface area contributed by atoms with E-state index in [2.05, 4.69) is 14.6 Å². The van der Waals surface area contributed by atoms with Gasteiger partial charge in [0.1, 0.15) is 6.54 Å². The van der Waals surface area contributed by atoms with E-state index in [4.69, 9.17) is 5.73 Å². The minimum absolute atomic E-state index is 0.0119. The smallest absolute Gasteiger partial charge is 0.256 e. The van der Waals surface area contributed by atoms with Crippen LogP contribution >= 0.6 is 11.8 Å². The van der Waals surface area contributed by atoms with Crippen molar-refractivity contribution in [2.75, 3.05) is 11.9 Å². The molecule has 9 nitrogen and oxygen atoms in total. The molecule has 0 radical (unpaired) electrons. The Morgan fingerprint density at radius 1 is 0.865 bits per heavy atom. The molecule has 0 aliphatic carbocycles. The molecule has 0 saturated carbocycles. The van der Waals surface area contributed by atoms with Gasteiger partial charge in [-0.25, -0.2) is 17.7 Å². The Kier molecular flexibility index (Phi) is 10.4. The fourth-order valence-electron chi connectivity index (χ4n) is 3.37. The van der Waals surface area contributed by atoms with Gasteiger partial charge in [-0.15, -0.1) is 0 Å². The monoisotopic (exact) mass is 541 g/mol. The van der Waals surface area contributed by atoms with Gasteiger partial charge >= 0.3 is 0 Å². The number of sulfonamides is 1. The molecule has 2 aromatic carbocycles. The van der Waals surface area contributed by atoms with Gasteiger partial charge in [0.2, 0.25) is 15.9 Å². The lowest BCUT2D eigenvalue weighted by molar-refractivity contribution is -0.697. The second kappa shape index (κ2) is 13.7. The number of amides is 2. The molecule has 0 spiro atoms. The highest BCUT2D eigenvalue weighted by atomic mass is 32.2. The number of nitrogens with one attached hydrogen (secondary N) is 2. The summed E-state index contributed by atoms with van der Waals surface area (Å²) in [6.45, 7) is 0.733. The number of aryl methyl sites for hydroxylation is 1. The summed E-state index contributed by atoms with van der Waals surface area (Å²) in [6.07, 6.45) is 5.88. The van der Waals surface area contributed by atoms with Gasteiger partial charge in [0.15, 0.2) is 17.5 Å². The van der Waals surface area contributed by atoms with Crippen molar-refractivity contribution in [1.82, 2.24) is 4.72 Å². The van der Waals surface area contributed by atoms with E-state index in [1.165, 1.54) is 24.3 Å². The summed E-state index contributed by atoms with van der Waals surface area (Å²) in [5.74, 6) is -1.02. The number of carbonyl (C=O) groups is 3. The molecule has 1 aromatic heterocycles. The first kappa shape index (κ1) is 28.0. The third kappa shape index (κ3) is 9.12. The number of hydrogen-bond donors (Lipinski definition) is 3. The molecule has 4 N–H and O–H groups in total. The zero-order chi connectivity index (χ0) is 26.7. The van der Waals surface area contributed by atoms with Crippen molar-refractivity contribution in [1.29, 1.82) is 0 Å². The molecule has 0 bridgehead atoms. The van der Waals surface area contributed by atoms with Crippen LogP contribution in [0.25, 0.3) is 0 Å².